The summed E-state index contributed by atoms with van der Waals surface area (Å²) in [7, 11) is 0. The predicted molar refractivity (Wildman–Crippen MR) is 127 cm³/mol. The summed E-state index contributed by atoms with van der Waals surface area (Å²) in [4.78, 5) is 42.0. The van der Waals surface area contributed by atoms with Crippen LogP contribution >= 0.6 is 11.3 Å². The Bertz CT molecular complexity index is 1590. The molecule has 2 aliphatic heterocycles. The molecule has 0 saturated carbocycles. The number of allylic oxidation sites excluding steroid dienone is 1. The van der Waals surface area contributed by atoms with Crippen molar-refractivity contribution >= 4 is 34.8 Å². The van der Waals surface area contributed by atoms with Crippen LogP contribution in [-0.2, 0) is 9.53 Å². The summed E-state index contributed by atoms with van der Waals surface area (Å²) < 4.78 is 17.9. The third-order valence-electron chi connectivity index (χ3n) is 5.63. The molecule has 0 spiro atoms. The fourth-order valence-corrected chi connectivity index (χ4v) is 5.06. The first kappa shape index (κ1) is 22.5. The third-order valence-corrected chi connectivity index (χ3v) is 6.61. The molecule has 0 aliphatic carbocycles. The van der Waals surface area contributed by atoms with Gasteiger partial charge in [0, 0.05) is 17.8 Å². The number of nitro benzene ring substituents is 1. The lowest BCUT2D eigenvalue weighted by atomic mass is 9.96. The second-order valence-corrected chi connectivity index (χ2v) is 8.76. The normalized spacial score (nSPS) is 16.6. The van der Waals surface area contributed by atoms with Gasteiger partial charge in [-0.25, -0.2) is 9.79 Å². The van der Waals surface area contributed by atoms with Gasteiger partial charge in [0.05, 0.1) is 21.6 Å². The van der Waals surface area contributed by atoms with Crippen LogP contribution in [0.15, 0.2) is 57.8 Å². The molecule has 0 bridgehead atoms. The van der Waals surface area contributed by atoms with Gasteiger partial charge in [0.25, 0.3) is 11.2 Å². The maximum atomic E-state index is 13.3. The van der Waals surface area contributed by atoms with E-state index in [0.29, 0.717) is 37.7 Å². The molecule has 5 rings (SSSR count). The number of non-ortho nitro benzene ring substituents is 1. The molecule has 10 nitrogen and oxygen atoms in total. The van der Waals surface area contributed by atoms with Crippen molar-refractivity contribution in [2.45, 2.75) is 19.9 Å². The number of nitrogens with zero attached hydrogens (tertiary/aromatic N) is 3. The van der Waals surface area contributed by atoms with Gasteiger partial charge in [-0.1, -0.05) is 29.5 Å². The number of carbonyl (C=O) groups is 1. The van der Waals surface area contributed by atoms with Gasteiger partial charge in [0.15, 0.2) is 16.3 Å². The minimum Gasteiger partial charge on any atom is -0.463 e. The molecule has 0 fully saturated rings. The average Bonchev–Trinajstić information content (AvgIpc) is 3.43. The molecule has 3 aromatic rings. The van der Waals surface area contributed by atoms with E-state index in [-0.39, 0.29) is 30.2 Å². The first-order valence-electron chi connectivity index (χ1n) is 10.7. The number of esters is 1. The Kier molecular flexibility index (Phi) is 5.69. The zero-order chi connectivity index (χ0) is 24.7. The zero-order valence-electron chi connectivity index (χ0n) is 18.7. The Labute approximate surface area is 202 Å². The first-order valence-corrected chi connectivity index (χ1v) is 11.5. The Morgan fingerprint density at radius 1 is 1.29 bits per heavy atom. The van der Waals surface area contributed by atoms with Crippen molar-refractivity contribution in [1.29, 1.82) is 0 Å². The standard InChI is InChI=1S/C24H19N3O7S/c1-3-32-23(29)20-13(2)26-22(28)19(10-14-5-4-6-16(9-14)27(30)31)35-24(26)25-21(20)15-7-8-17-18(11-15)34-12-33-17/h4-11,21H,3,12H2,1-2H3/b19-10-/t21-/m1/s1. The highest BCUT2D eigenvalue weighted by Crippen LogP contribution is 2.38. The van der Waals surface area contributed by atoms with Crippen molar-refractivity contribution in [3.05, 3.63) is 89.0 Å². The molecule has 178 valence electrons. The molecule has 3 heterocycles. The lowest BCUT2D eigenvalue weighted by Gasteiger charge is -2.22. The highest BCUT2D eigenvalue weighted by atomic mass is 32.1. The minimum atomic E-state index is -0.715. The number of hydrogen-bond acceptors (Lipinski definition) is 9. The summed E-state index contributed by atoms with van der Waals surface area (Å²) in [6.45, 7) is 3.66. The van der Waals surface area contributed by atoms with Crippen LogP contribution in [0, 0.1) is 10.1 Å². The van der Waals surface area contributed by atoms with Crippen molar-refractivity contribution in [2.24, 2.45) is 4.99 Å². The number of hydrogen-bond donors (Lipinski definition) is 0. The summed E-state index contributed by atoms with van der Waals surface area (Å²) in [5.41, 5.74) is 1.41. The molecule has 0 N–H and O–H groups in total. The smallest absolute Gasteiger partial charge is 0.338 e. The SMILES string of the molecule is CCOC(=O)C1=C(C)n2c(s/c(=C\c3cccc([N+](=O)[O-])c3)c2=O)=N[C@@H]1c1ccc2c(c1)OCO2. The summed E-state index contributed by atoms with van der Waals surface area (Å²) in [6.07, 6.45) is 1.58. The van der Waals surface area contributed by atoms with E-state index < -0.39 is 16.9 Å². The molecule has 2 aromatic carbocycles. The molecule has 1 atom stereocenters. The van der Waals surface area contributed by atoms with E-state index in [0.717, 1.165) is 11.3 Å². The number of thiazole rings is 1. The van der Waals surface area contributed by atoms with Crippen LogP contribution in [0.5, 0.6) is 11.5 Å². The number of rotatable bonds is 5. The highest BCUT2D eigenvalue weighted by molar-refractivity contribution is 7.07. The lowest BCUT2D eigenvalue weighted by molar-refractivity contribution is -0.384. The van der Waals surface area contributed by atoms with Crippen LogP contribution in [-0.4, -0.2) is 28.9 Å². The van der Waals surface area contributed by atoms with E-state index in [1.165, 1.54) is 16.7 Å². The monoisotopic (exact) mass is 493 g/mol. The molecule has 0 saturated heterocycles. The molecule has 11 heteroatoms. The molecule has 1 aromatic heterocycles. The summed E-state index contributed by atoms with van der Waals surface area (Å²) in [5.74, 6) is 0.585. The van der Waals surface area contributed by atoms with Gasteiger partial charge >= 0.3 is 5.97 Å². The largest absolute Gasteiger partial charge is 0.463 e. The average molecular weight is 493 g/mol. The Balaban J connectivity index is 1.69. The zero-order valence-corrected chi connectivity index (χ0v) is 19.5. The lowest BCUT2D eigenvalue weighted by Crippen LogP contribution is -2.35. The van der Waals surface area contributed by atoms with E-state index in [1.807, 2.05) is 0 Å². The fraction of sp³-hybridized carbons (Fsp3) is 0.208. The van der Waals surface area contributed by atoms with E-state index >= 15 is 0 Å². The Hall–Kier alpha value is -4.25. The van der Waals surface area contributed by atoms with Gasteiger partial charge in [-0.05, 0) is 43.2 Å². The predicted octanol–water partition coefficient (Wildman–Crippen LogP) is 2.54. The van der Waals surface area contributed by atoms with Crippen LogP contribution in [0.1, 0.15) is 31.0 Å². The van der Waals surface area contributed by atoms with Gasteiger partial charge in [-0.2, -0.15) is 0 Å². The van der Waals surface area contributed by atoms with Crippen molar-refractivity contribution in [2.75, 3.05) is 13.4 Å². The van der Waals surface area contributed by atoms with Crippen LogP contribution in [0.3, 0.4) is 0 Å². The number of aromatic nitrogens is 1. The van der Waals surface area contributed by atoms with Gasteiger partial charge in [-0.3, -0.25) is 19.5 Å². The van der Waals surface area contributed by atoms with Gasteiger partial charge in [0.2, 0.25) is 6.79 Å². The van der Waals surface area contributed by atoms with Crippen molar-refractivity contribution in [3.8, 4) is 11.5 Å². The van der Waals surface area contributed by atoms with Crippen molar-refractivity contribution in [1.82, 2.24) is 4.57 Å². The number of fused-ring (bicyclic) bond motifs is 2. The fourth-order valence-electron chi connectivity index (χ4n) is 4.02. The molecule has 2 aliphatic rings. The molecule has 0 radical (unpaired) electrons. The number of ether oxygens (including phenoxy) is 3. The number of carbonyl (C=O) groups excluding carboxylic acids is 1. The van der Waals surface area contributed by atoms with Crippen LogP contribution in [0.4, 0.5) is 5.69 Å². The number of nitro groups is 1. The highest BCUT2D eigenvalue weighted by Gasteiger charge is 2.32. The van der Waals surface area contributed by atoms with Crippen LogP contribution < -0.4 is 24.4 Å². The minimum absolute atomic E-state index is 0.0756. The van der Waals surface area contributed by atoms with E-state index in [4.69, 9.17) is 19.2 Å². The number of benzene rings is 2. The molecule has 35 heavy (non-hydrogen) atoms. The maximum absolute atomic E-state index is 13.3. The van der Waals surface area contributed by atoms with Crippen LogP contribution in [0.2, 0.25) is 0 Å². The Morgan fingerprint density at radius 3 is 2.86 bits per heavy atom. The topological polar surface area (TPSA) is 122 Å². The second kappa shape index (κ2) is 8.84. The summed E-state index contributed by atoms with van der Waals surface area (Å²) in [6, 6.07) is 10.6. The molecular weight excluding hydrogens is 474 g/mol. The van der Waals surface area contributed by atoms with Crippen molar-refractivity contribution in [3.63, 3.8) is 0 Å². The third kappa shape index (κ3) is 3.99. The first-order chi connectivity index (χ1) is 16.9. The quantitative estimate of drug-likeness (QED) is 0.304. The second-order valence-electron chi connectivity index (χ2n) is 7.75. The van der Waals surface area contributed by atoms with E-state index in [2.05, 4.69) is 0 Å². The van der Waals surface area contributed by atoms with Gasteiger partial charge in [0.1, 0.15) is 6.04 Å². The Morgan fingerprint density at radius 2 is 2.09 bits per heavy atom. The van der Waals surface area contributed by atoms with Crippen molar-refractivity contribution < 1.29 is 23.9 Å². The van der Waals surface area contributed by atoms with E-state index in [1.54, 1.807) is 50.3 Å². The van der Waals surface area contributed by atoms with Crippen LogP contribution in [0.25, 0.3) is 11.8 Å². The summed E-state index contributed by atoms with van der Waals surface area (Å²) >= 11 is 1.14. The van der Waals surface area contributed by atoms with Gasteiger partial charge in [-0.15, -0.1) is 0 Å². The molecule has 0 amide bonds. The summed E-state index contributed by atoms with van der Waals surface area (Å²) in [5, 5.41) is 11.1. The van der Waals surface area contributed by atoms with Gasteiger partial charge < -0.3 is 14.2 Å². The maximum Gasteiger partial charge on any atom is 0.338 e. The molecular formula is C24H19N3O7S. The van der Waals surface area contributed by atoms with E-state index in [9.17, 15) is 19.7 Å². The molecule has 0 unspecified atom stereocenters.